The van der Waals surface area contributed by atoms with Gasteiger partial charge in [-0.1, -0.05) is 0 Å². The lowest BCUT2D eigenvalue weighted by atomic mass is 10.1. The molecule has 2 amide bonds. The Bertz CT molecular complexity index is 368. The molecule has 2 N–H and O–H groups in total. The van der Waals surface area contributed by atoms with Crippen LogP contribution in [0.4, 0.5) is 4.79 Å². The van der Waals surface area contributed by atoms with E-state index in [1.807, 2.05) is 20.8 Å². The lowest BCUT2D eigenvalue weighted by Crippen LogP contribution is -2.51. The van der Waals surface area contributed by atoms with Crippen LogP contribution in [0.15, 0.2) is 0 Å². The molecule has 0 aromatic carbocycles. The van der Waals surface area contributed by atoms with Crippen molar-refractivity contribution in [1.29, 1.82) is 0 Å². The summed E-state index contributed by atoms with van der Waals surface area (Å²) >= 11 is 0. The summed E-state index contributed by atoms with van der Waals surface area (Å²) in [6.07, 6.45) is 1.57. The average molecular weight is 315 g/mol. The van der Waals surface area contributed by atoms with Crippen LogP contribution in [-0.4, -0.2) is 68.4 Å². The van der Waals surface area contributed by atoms with Crippen molar-refractivity contribution in [3.8, 4) is 0 Å². The van der Waals surface area contributed by atoms with E-state index in [-0.39, 0.29) is 24.6 Å². The molecule has 1 fully saturated rings. The van der Waals surface area contributed by atoms with Crippen LogP contribution in [0, 0.1) is 0 Å². The summed E-state index contributed by atoms with van der Waals surface area (Å²) in [6, 6.07) is 0.120. The van der Waals surface area contributed by atoms with E-state index in [0.717, 1.165) is 12.8 Å². The van der Waals surface area contributed by atoms with Gasteiger partial charge in [-0.3, -0.25) is 4.79 Å². The molecule has 1 rings (SSSR count). The third kappa shape index (κ3) is 7.61. The molecule has 1 aliphatic rings. The quantitative estimate of drug-likeness (QED) is 0.707. The highest BCUT2D eigenvalue weighted by Crippen LogP contribution is 2.15. The zero-order valence-corrected chi connectivity index (χ0v) is 14.1. The Kier molecular flexibility index (Phi) is 7.61. The van der Waals surface area contributed by atoms with Crippen LogP contribution in [0.3, 0.4) is 0 Å². The molecule has 1 heterocycles. The molecule has 1 atom stereocenters. The summed E-state index contributed by atoms with van der Waals surface area (Å²) in [6.45, 7) is 8.09. The second-order valence-electron chi connectivity index (χ2n) is 6.49. The van der Waals surface area contributed by atoms with Gasteiger partial charge in [0.05, 0.1) is 13.2 Å². The molecule has 0 aliphatic carbocycles. The first kappa shape index (κ1) is 18.7. The molecule has 1 saturated heterocycles. The van der Waals surface area contributed by atoms with Crippen LogP contribution in [0.25, 0.3) is 0 Å². The summed E-state index contributed by atoms with van der Waals surface area (Å²) in [5.41, 5.74) is -0.487. The van der Waals surface area contributed by atoms with E-state index in [9.17, 15) is 9.59 Å². The Balaban J connectivity index is 2.31. The normalized spacial score (nSPS) is 18.9. The maximum atomic E-state index is 12.1. The van der Waals surface area contributed by atoms with Crippen LogP contribution in [0.5, 0.6) is 0 Å². The van der Waals surface area contributed by atoms with Gasteiger partial charge in [0.25, 0.3) is 0 Å². The SMILES string of the molecule is COCCNC(=O)CNC1CCCN(C(=O)OC(C)(C)C)C1. The minimum atomic E-state index is -0.487. The molecule has 0 aromatic rings. The summed E-state index contributed by atoms with van der Waals surface area (Å²) in [7, 11) is 1.59. The van der Waals surface area contributed by atoms with Gasteiger partial charge in [0.2, 0.25) is 5.91 Å². The largest absolute Gasteiger partial charge is 0.444 e. The number of amides is 2. The first-order valence-corrected chi connectivity index (χ1v) is 7.79. The lowest BCUT2D eigenvalue weighted by Gasteiger charge is -2.34. The Morgan fingerprint density at radius 1 is 1.32 bits per heavy atom. The molecule has 7 nitrogen and oxygen atoms in total. The van der Waals surface area contributed by atoms with Crippen LogP contribution in [0.1, 0.15) is 33.6 Å². The van der Waals surface area contributed by atoms with Gasteiger partial charge >= 0.3 is 6.09 Å². The van der Waals surface area contributed by atoms with Crippen molar-refractivity contribution in [3.05, 3.63) is 0 Å². The van der Waals surface area contributed by atoms with E-state index >= 15 is 0 Å². The molecule has 22 heavy (non-hydrogen) atoms. The number of hydrogen-bond acceptors (Lipinski definition) is 5. The van der Waals surface area contributed by atoms with Crippen LogP contribution >= 0.6 is 0 Å². The van der Waals surface area contributed by atoms with Gasteiger partial charge in [-0.05, 0) is 33.6 Å². The second-order valence-corrected chi connectivity index (χ2v) is 6.49. The predicted octanol–water partition coefficient (Wildman–Crippen LogP) is 0.738. The number of carbonyl (C=O) groups is 2. The highest BCUT2D eigenvalue weighted by molar-refractivity contribution is 5.78. The molecule has 7 heteroatoms. The van der Waals surface area contributed by atoms with Crippen LogP contribution < -0.4 is 10.6 Å². The Morgan fingerprint density at radius 2 is 2.05 bits per heavy atom. The van der Waals surface area contributed by atoms with E-state index in [0.29, 0.717) is 26.2 Å². The Labute approximate surface area is 132 Å². The third-order valence-corrected chi connectivity index (χ3v) is 3.25. The maximum absolute atomic E-state index is 12.1. The number of piperidine rings is 1. The highest BCUT2D eigenvalue weighted by atomic mass is 16.6. The molecule has 1 aliphatic heterocycles. The van der Waals surface area contributed by atoms with E-state index in [2.05, 4.69) is 10.6 Å². The van der Waals surface area contributed by atoms with Gasteiger partial charge in [0, 0.05) is 32.8 Å². The number of nitrogens with zero attached hydrogens (tertiary/aromatic N) is 1. The fourth-order valence-electron chi connectivity index (χ4n) is 2.23. The van der Waals surface area contributed by atoms with Crippen molar-refractivity contribution < 1.29 is 19.1 Å². The summed E-state index contributed by atoms with van der Waals surface area (Å²) < 4.78 is 10.3. The molecule has 0 spiro atoms. The smallest absolute Gasteiger partial charge is 0.410 e. The summed E-state index contributed by atoms with van der Waals surface area (Å²) in [5, 5.41) is 5.95. The van der Waals surface area contributed by atoms with Gasteiger partial charge in [-0.2, -0.15) is 0 Å². The first-order chi connectivity index (χ1) is 10.3. The number of nitrogens with one attached hydrogen (secondary N) is 2. The number of methoxy groups -OCH3 is 1. The van der Waals surface area contributed by atoms with Gasteiger partial charge in [0.1, 0.15) is 5.60 Å². The molecule has 128 valence electrons. The zero-order chi connectivity index (χ0) is 16.6. The fraction of sp³-hybridized carbons (Fsp3) is 0.867. The number of rotatable bonds is 6. The first-order valence-electron chi connectivity index (χ1n) is 7.79. The monoisotopic (exact) mass is 315 g/mol. The molecular weight excluding hydrogens is 286 g/mol. The minimum absolute atomic E-state index is 0.0635. The van der Waals surface area contributed by atoms with Crippen molar-refractivity contribution in [2.45, 2.75) is 45.3 Å². The van der Waals surface area contributed by atoms with Crippen LogP contribution in [-0.2, 0) is 14.3 Å². The van der Waals surface area contributed by atoms with Gasteiger partial charge in [0.15, 0.2) is 0 Å². The Hall–Kier alpha value is -1.34. The lowest BCUT2D eigenvalue weighted by molar-refractivity contribution is -0.120. The topological polar surface area (TPSA) is 79.9 Å². The van der Waals surface area contributed by atoms with Gasteiger partial charge in [-0.25, -0.2) is 4.79 Å². The summed E-state index contributed by atoms with van der Waals surface area (Å²) in [5.74, 6) is -0.0635. The van der Waals surface area contributed by atoms with E-state index in [1.54, 1.807) is 12.0 Å². The van der Waals surface area contributed by atoms with Crippen molar-refractivity contribution in [1.82, 2.24) is 15.5 Å². The van der Waals surface area contributed by atoms with Gasteiger partial charge in [-0.15, -0.1) is 0 Å². The standard InChI is InChI=1S/C15H29N3O4/c1-15(2,3)22-14(20)18-8-5-6-12(11-18)17-10-13(19)16-7-9-21-4/h12,17H,5-11H2,1-4H3,(H,16,19). The zero-order valence-electron chi connectivity index (χ0n) is 14.1. The fourth-order valence-corrected chi connectivity index (χ4v) is 2.23. The predicted molar refractivity (Wildman–Crippen MR) is 83.7 cm³/mol. The molecule has 0 radical (unpaired) electrons. The van der Waals surface area contributed by atoms with Crippen LogP contribution in [0.2, 0.25) is 0 Å². The second kappa shape index (κ2) is 8.95. The molecule has 0 aromatic heterocycles. The van der Waals surface area contributed by atoms with Crippen molar-refractivity contribution in [3.63, 3.8) is 0 Å². The number of ether oxygens (including phenoxy) is 2. The molecular formula is C15H29N3O4. The maximum Gasteiger partial charge on any atom is 0.410 e. The van der Waals surface area contributed by atoms with E-state index in [1.165, 1.54) is 0 Å². The molecule has 0 saturated carbocycles. The minimum Gasteiger partial charge on any atom is -0.444 e. The number of hydrogen-bond donors (Lipinski definition) is 2. The number of carbonyl (C=O) groups excluding carboxylic acids is 2. The van der Waals surface area contributed by atoms with E-state index in [4.69, 9.17) is 9.47 Å². The van der Waals surface area contributed by atoms with Crippen molar-refractivity contribution >= 4 is 12.0 Å². The highest BCUT2D eigenvalue weighted by Gasteiger charge is 2.27. The van der Waals surface area contributed by atoms with Crippen molar-refractivity contribution in [2.75, 3.05) is 39.9 Å². The third-order valence-electron chi connectivity index (χ3n) is 3.25. The van der Waals surface area contributed by atoms with E-state index < -0.39 is 5.60 Å². The van der Waals surface area contributed by atoms with Crippen molar-refractivity contribution in [2.24, 2.45) is 0 Å². The molecule has 1 unspecified atom stereocenters. The average Bonchev–Trinajstić information content (AvgIpc) is 2.44. The summed E-state index contributed by atoms with van der Waals surface area (Å²) in [4.78, 5) is 25.4. The Morgan fingerprint density at radius 3 is 2.68 bits per heavy atom. The van der Waals surface area contributed by atoms with Gasteiger partial charge < -0.3 is 25.0 Å². The molecule has 0 bridgehead atoms. The number of likely N-dealkylation sites (tertiary alicyclic amines) is 1.